The molecule has 3 atom stereocenters. The summed E-state index contributed by atoms with van der Waals surface area (Å²) in [4.78, 5) is 22.1. The Kier molecular flexibility index (Phi) is 9.49. The van der Waals surface area contributed by atoms with Gasteiger partial charge in [0.2, 0.25) is 5.72 Å². The molecule has 3 aromatic rings. The molecule has 1 saturated carbocycles. The molecule has 42 heavy (non-hydrogen) atoms. The van der Waals surface area contributed by atoms with Crippen molar-refractivity contribution in [2.45, 2.75) is 56.5 Å². The number of benzene rings is 3. The van der Waals surface area contributed by atoms with Crippen LogP contribution in [-0.2, 0) is 22.4 Å². The predicted octanol–water partition coefficient (Wildman–Crippen LogP) is 7.52. The summed E-state index contributed by atoms with van der Waals surface area (Å²) in [7, 11) is 5.46. The van der Waals surface area contributed by atoms with Gasteiger partial charge in [0.1, 0.15) is 5.82 Å². The Morgan fingerprint density at radius 1 is 1.02 bits per heavy atom. The van der Waals surface area contributed by atoms with Crippen molar-refractivity contribution in [1.82, 2.24) is 9.80 Å². The van der Waals surface area contributed by atoms with Crippen LogP contribution in [0.2, 0.25) is 5.02 Å². The van der Waals surface area contributed by atoms with Gasteiger partial charge in [0.05, 0.1) is 19.5 Å². The lowest BCUT2D eigenvalue weighted by Crippen LogP contribution is -2.54. The monoisotopic (exact) mass is 591 g/mol. The van der Waals surface area contributed by atoms with Gasteiger partial charge >= 0.3 is 6.16 Å². The molecule has 8 heteroatoms. The second kappa shape index (κ2) is 13.3. The molecular weight excluding hydrogens is 553 g/mol. The summed E-state index contributed by atoms with van der Waals surface area (Å²) in [5.41, 5.74) is 1.97. The average molecular weight is 592 g/mol. The molecule has 3 unspecified atom stereocenters. The summed E-state index contributed by atoms with van der Waals surface area (Å²) in [6.45, 7) is 0.644. The van der Waals surface area contributed by atoms with E-state index in [-0.39, 0.29) is 23.8 Å². The van der Waals surface area contributed by atoms with E-state index < -0.39 is 11.9 Å². The largest absolute Gasteiger partial charge is 0.510 e. The molecule has 5 rings (SSSR count). The highest BCUT2D eigenvalue weighted by Crippen LogP contribution is 2.46. The van der Waals surface area contributed by atoms with Crippen LogP contribution in [0.3, 0.4) is 0 Å². The Morgan fingerprint density at radius 2 is 1.74 bits per heavy atom. The van der Waals surface area contributed by atoms with Crippen LogP contribution >= 0.6 is 11.6 Å². The second-order valence-corrected chi connectivity index (χ2v) is 12.1. The topological polar surface area (TPSA) is 54.4 Å². The molecule has 0 amide bonds. The molecule has 0 N–H and O–H groups in total. The van der Waals surface area contributed by atoms with Crippen LogP contribution in [0, 0.1) is 17.7 Å². The maximum absolute atomic E-state index is 14.2. The fourth-order valence-electron chi connectivity index (χ4n) is 6.96. The minimum Gasteiger partial charge on any atom is -0.438 e. The number of methoxy groups -OCH3 is 1. The minimum atomic E-state index is -1.16. The number of carbonyl (C=O) groups excluding carboxylic acids is 1. The third kappa shape index (κ3) is 6.79. The van der Waals surface area contributed by atoms with E-state index in [4.69, 9.17) is 26.1 Å². The van der Waals surface area contributed by atoms with Crippen molar-refractivity contribution >= 4 is 24.1 Å². The Bertz CT molecular complexity index is 1360. The molecule has 0 bridgehead atoms. The fourth-order valence-corrected chi connectivity index (χ4v) is 7.09. The van der Waals surface area contributed by atoms with Crippen molar-refractivity contribution in [2.75, 3.05) is 21.2 Å². The van der Waals surface area contributed by atoms with Gasteiger partial charge < -0.3 is 19.3 Å². The number of hydrogen-bond donors (Lipinski definition) is 0. The van der Waals surface area contributed by atoms with E-state index in [0.29, 0.717) is 23.9 Å². The summed E-state index contributed by atoms with van der Waals surface area (Å²) in [5, 5.41) is 0.644. The van der Waals surface area contributed by atoms with E-state index in [9.17, 15) is 9.18 Å². The fraction of sp³-hybridized carbons (Fsp3) is 0.412. The molecule has 222 valence electrons. The summed E-state index contributed by atoms with van der Waals surface area (Å²) >= 11 is 6.18. The molecule has 1 heterocycles. The van der Waals surface area contributed by atoms with Crippen LogP contribution in [0.4, 0.5) is 9.18 Å². The van der Waals surface area contributed by atoms with Gasteiger partial charge in [-0.05, 0) is 92.6 Å². The van der Waals surface area contributed by atoms with Gasteiger partial charge in [-0.15, -0.1) is 0 Å². The lowest BCUT2D eigenvalue weighted by Gasteiger charge is -2.45. The maximum atomic E-state index is 14.2. The molecule has 2 aliphatic rings. The van der Waals surface area contributed by atoms with Crippen molar-refractivity contribution in [3.63, 3.8) is 0 Å². The van der Waals surface area contributed by atoms with Crippen molar-refractivity contribution in [2.24, 2.45) is 16.8 Å². The van der Waals surface area contributed by atoms with E-state index in [1.165, 1.54) is 13.2 Å². The quantitative estimate of drug-likeness (QED) is 0.241. The SMILES string of the molecule is COC(=O)OC1(Cc2ccc(Cl)cc2)N=CN(Cc2ccccc2)C1C1CCC(C(c2cccc(F)c2)N(C)C)CC1. The summed E-state index contributed by atoms with van der Waals surface area (Å²) in [6, 6.07) is 24.8. The van der Waals surface area contributed by atoms with Crippen molar-refractivity contribution in [1.29, 1.82) is 0 Å². The van der Waals surface area contributed by atoms with Gasteiger partial charge in [0.25, 0.3) is 0 Å². The van der Waals surface area contributed by atoms with E-state index in [0.717, 1.165) is 42.4 Å². The lowest BCUT2D eigenvalue weighted by molar-refractivity contribution is -0.0723. The van der Waals surface area contributed by atoms with Gasteiger partial charge in [-0.1, -0.05) is 66.2 Å². The van der Waals surface area contributed by atoms with Crippen LogP contribution in [0.25, 0.3) is 0 Å². The van der Waals surface area contributed by atoms with E-state index >= 15 is 0 Å². The van der Waals surface area contributed by atoms with Crippen LogP contribution in [0.15, 0.2) is 83.9 Å². The van der Waals surface area contributed by atoms with E-state index in [1.54, 1.807) is 12.1 Å². The van der Waals surface area contributed by atoms with Crippen molar-refractivity contribution in [3.8, 4) is 0 Å². The normalized spacial score (nSPS) is 24.5. The first-order valence-corrected chi connectivity index (χ1v) is 14.9. The van der Waals surface area contributed by atoms with E-state index in [2.05, 4.69) is 36.0 Å². The molecule has 3 aromatic carbocycles. The molecule has 1 aliphatic heterocycles. The zero-order valence-corrected chi connectivity index (χ0v) is 25.2. The molecule has 1 fully saturated rings. The first-order chi connectivity index (χ1) is 20.3. The zero-order chi connectivity index (χ0) is 29.7. The van der Waals surface area contributed by atoms with Gasteiger partial charge in [-0.2, -0.15) is 0 Å². The van der Waals surface area contributed by atoms with Crippen LogP contribution in [0.5, 0.6) is 0 Å². The lowest BCUT2D eigenvalue weighted by atomic mass is 9.71. The summed E-state index contributed by atoms with van der Waals surface area (Å²) < 4.78 is 25.3. The van der Waals surface area contributed by atoms with Crippen molar-refractivity contribution < 1.29 is 18.7 Å². The van der Waals surface area contributed by atoms with Gasteiger partial charge in [0.15, 0.2) is 0 Å². The molecule has 0 radical (unpaired) electrons. The number of halogens is 2. The smallest absolute Gasteiger partial charge is 0.438 e. The Morgan fingerprint density at radius 3 is 2.38 bits per heavy atom. The number of ether oxygens (including phenoxy) is 2. The zero-order valence-electron chi connectivity index (χ0n) is 24.5. The molecule has 0 aromatic heterocycles. The molecule has 1 aliphatic carbocycles. The number of aliphatic imine (C=N–C) groups is 1. The molecule has 0 spiro atoms. The van der Waals surface area contributed by atoms with Gasteiger partial charge in [-0.25, -0.2) is 14.2 Å². The predicted molar refractivity (Wildman–Crippen MR) is 164 cm³/mol. The molecule has 0 saturated heterocycles. The van der Waals surface area contributed by atoms with Crippen LogP contribution in [0.1, 0.15) is 48.4 Å². The standard InChI is InChI=1S/C34H39ClFN3O3/c1-38(2)31(28-10-7-11-30(36)20-28)26-14-16-27(17-15-26)32-34(42-33(40)41-3,21-24-12-18-29(35)19-13-24)37-23-39(32)22-25-8-5-4-6-9-25/h4-13,18-20,23,26-27,31-32H,14-17,21-22H2,1-3H3. The highest BCUT2D eigenvalue weighted by molar-refractivity contribution is 6.30. The number of nitrogens with zero attached hydrogens (tertiary/aromatic N) is 3. The number of carbonyl (C=O) groups is 1. The van der Waals surface area contributed by atoms with Crippen LogP contribution < -0.4 is 0 Å². The minimum absolute atomic E-state index is 0.118. The third-order valence-corrected chi connectivity index (χ3v) is 8.96. The summed E-state index contributed by atoms with van der Waals surface area (Å²) in [6.07, 6.45) is 5.28. The first-order valence-electron chi connectivity index (χ1n) is 14.6. The third-order valence-electron chi connectivity index (χ3n) is 8.71. The Balaban J connectivity index is 1.45. The highest BCUT2D eigenvalue weighted by Gasteiger charge is 2.53. The Hall–Kier alpha value is -3.42. The van der Waals surface area contributed by atoms with Gasteiger partial charge in [-0.3, -0.25) is 0 Å². The highest BCUT2D eigenvalue weighted by atomic mass is 35.5. The van der Waals surface area contributed by atoms with Gasteiger partial charge in [0, 0.05) is 24.0 Å². The molecule has 6 nitrogen and oxygen atoms in total. The Labute approximate surface area is 253 Å². The second-order valence-electron chi connectivity index (χ2n) is 11.7. The average Bonchev–Trinajstić information content (AvgIpc) is 3.31. The first kappa shape index (κ1) is 30.1. The van der Waals surface area contributed by atoms with Crippen LogP contribution in [-0.4, -0.2) is 55.3 Å². The maximum Gasteiger partial charge on any atom is 0.510 e. The number of hydrogen-bond acceptors (Lipinski definition) is 6. The van der Waals surface area contributed by atoms with Crippen molar-refractivity contribution in [3.05, 3.63) is 106 Å². The molecular formula is C34H39ClFN3O3. The summed E-state index contributed by atoms with van der Waals surface area (Å²) in [5.74, 6) is 0.370. The number of rotatable bonds is 9. The van der Waals surface area contributed by atoms with E-state index in [1.807, 2.05) is 54.9 Å².